The highest BCUT2D eigenvalue weighted by Crippen LogP contribution is 2.37. The molecule has 1 amide bonds. The van der Waals surface area contributed by atoms with E-state index in [0.29, 0.717) is 26.6 Å². The first-order chi connectivity index (χ1) is 17.1. The molecule has 0 saturated carbocycles. The van der Waals surface area contributed by atoms with Crippen molar-refractivity contribution in [3.63, 3.8) is 0 Å². The summed E-state index contributed by atoms with van der Waals surface area (Å²) in [7, 11) is -2.31. The van der Waals surface area contributed by atoms with Crippen LogP contribution in [0.4, 0.5) is 10.1 Å². The molecule has 0 bridgehead atoms. The van der Waals surface area contributed by atoms with Crippen molar-refractivity contribution in [1.29, 1.82) is 0 Å². The van der Waals surface area contributed by atoms with Gasteiger partial charge in [0.2, 0.25) is 10.0 Å². The summed E-state index contributed by atoms with van der Waals surface area (Å²) >= 11 is 9.63. The number of nitrogens with zero attached hydrogens (tertiary/aromatic N) is 2. The van der Waals surface area contributed by atoms with E-state index in [9.17, 15) is 17.6 Å². The van der Waals surface area contributed by atoms with Gasteiger partial charge in [-0.3, -0.25) is 9.10 Å². The minimum Gasteiger partial charge on any atom is -0.493 e. The summed E-state index contributed by atoms with van der Waals surface area (Å²) in [5.41, 5.74) is 3.82. The smallest absolute Gasteiger partial charge is 0.260 e. The number of sulfonamides is 1. The standard InChI is InChI=1S/C24H22BrClFN3O5S/c1-34-22-12-16(11-20(25)24(22)35-15-17-5-3-4-6-21(17)26)13-28-29-23(31)14-30(36(2,32)33)19-9-7-18(27)8-10-19/h3-13H,14-15H2,1-2H3,(H,29,31)/b28-13+. The van der Waals surface area contributed by atoms with Crippen molar-refractivity contribution < 1.29 is 27.1 Å². The summed E-state index contributed by atoms with van der Waals surface area (Å²) in [6.07, 6.45) is 2.32. The van der Waals surface area contributed by atoms with Crippen molar-refractivity contribution in [2.45, 2.75) is 6.61 Å². The van der Waals surface area contributed by atoms with Crippen LogP contribution in [-0.2, 0) is 21.4 Å². The minimum absolute atomic E-state index is 0.152. The van der Waals surface area contributed by atoms with E-state index in [1.807, 2.05) is 18.2 Å². The molecule has 3 aromatic carbocycles. The Morgan fingerprint density at radius 1 is 1.19 bits per heavy atom. The second-order valence-electron chi connectivity index (χ2n) is 7.45. The molecule has 0 aliphatic heterocycles. The normalized spacial score (nSPS) is 11.4. The predicted octanol–water partition coefficient (Wildman–Crippen LogP) is 4.75. The number of ether oxygens (including phenoxy) is 2. The number of carbonyl (C=O) groups excluding carboxylic acids is 1. The maximum absolute atomic E-state index is 13.2. The summed E-state index contributed by atoms with van der Waals surface area (Å²) in [6, 6.07) is 15.4. The topological polar surface area (TPSA) is 97.3 Å². The third-order valence-electron chi connectivity index (χ3n) is 4.79. The number of hydrogen-bond acceptors (Lipinski definition) is 6. The van der Waals surface area contributed by atoms with Crippen molar-refractivity contribution in [3.8, 4) is 11.5 Å². The van der Waals surface area contributed by atoms with E-state index in [1.54, 1.807) is 18.2 Å². The third-order valence-corrected chi connectivity index (χ3v) is 6.88. The van der Waals surface area contributed by atoms with Gasteiger partial charge in [-0.25, -0.2) is 18.2 Å². The zero-order valence-corrected chi connectivity index (χ0v) is 22.4. The molecule has 3 rings (SSSR count). The molecule has 190 valence electrons. The molecule has 0 aliphatic rings. The van der Waals surface area contributed by atoms with Gasteiger partial charge < -0.3 is 9.47 Å². The number of rotatable bonds is 10. The maximum Gasteiger partial charge on any atom is 0.260 e. The van der Waals surface area contributed by atoms with Crippen LogP contribution in [0.5, 0.6) is 11.5 Å². The Bertz CT molecular complexity index is 1370. The van der Waals surface area contributed by atoms with Crippen LogP contribution < -0.4 is 19.2 Å². The molecule has 0 unspecified atom stereocenters. The van der Waals surface area contributed by atoms with Crippen molar-refractivity contribution in [3.05, 3.63) is 87.1 Å². The SMILES string of the molecule is COc1cc(/C=N/NC(=O)CN(c2ccc(F)cc2)S(C)(=O)=O)cc(Br)c1OCc1ccccc1Cl. The van der Waals surface area contributed by atoms with Gasteiger partial charge in [0.25, 0.3) is 5.91 Å². The van der Waals surface area contributed by atoms with Gasteiger partial charge in [0, 0.05) is 10.6 Å². The number of anilines is 1. The van der Waals surface area contributed by atoms with Crippen LogP contribution in [-0.4, -0.2) is 40.4 Å². The van der Waals surface area contributed by atoms with Crippen LogP contribution in [0.25, 0.3) is 0 Å². The minimum atomic E-state index is -3.80. The van der Waals surface area contributed by atoms with E-state index in [-0.39, 0.29) is 12.3 Å². The van der Waals surface area contributed by atoms with E-state index in [1.165, 1.54) is 25.5 Å². The summed E-state index contributed by atoms with van der Waals surface area (Å²) in [6.45, 7) is -0.313. The molecule has 1 N–H and O–H groups in total. The Morgan fingerprint density at radius 3 is 2.53 bits per heavy atom. The van der Waals surface area contributed by atoms with Gasteiger partial charge in [-0.15, -0.1) is 0 Å². The lowest BCUT2D eigenvalue weighted by atomic mass is 10.2. The number of carbonyl (C=O) groups is 1. The molecular weight excluding hydrogens is 577 g/mol. The van der Waals surface area contributed by atoms with Crippen LogP contribution in [0.2, 0.25) is 5.02 Å². The quantitative estimate of drug-likeness (QED) is 0.269. The fourth-order valence-electron chi connectivity index (χ4n) is 3.07. The van der Waals surface area contributed by atoms with Gasteiger partial charge >= 0.3 is 0 Å². The molecule has 0 fully saturated rings. The van der Waals surface area contributed by atoms with Crippen molar-refractivity contribution in [2.75, 3.05) is 24.2 Å². The Kier molecular flexibility index (Phi) is 9.30. The average Bonchev–Trinajstić information content (AvgIpc) is 2.82. The maximum atomic E-state index is 13.2. The molecule has 0 radical (unpaired) electrons. The van der Waals surface area contributed by atoms with Gasteiger partial charge in [0.05, 0.1) is 29.7 Å². The van der Waals surface area contributed by atoms with E-state index in [2.05, 4.69) is 26.5 Å². The Balaban J connectivity index is 1.68. The van der Waals surface area contributed by atoms with E-state index in [0.717, 1.165) is 28.3 Å². The van der Waals surface area contributed by atoms with Gasteiger partial charge in [-0.1, -0.05) is 29.8 Å². The Hall–Kier alpha value is -3.15. The van der Waals surface area contributed by atoms with Crippen LogP contribution in [0.1, 0.15) is 11.1 Å². The molecule has 0 spiro atoms. The molecule has 3 aromatic rings. The zero-order valence-electron chi connectivity index (χ0n) is 19.2. The monoisotopic (exact) mass is 597 g/mol. The lowest BCUT2D eigenvalue weighted by Gasteiger charge is -2.21. The van der Waals surface area contributed by atoms with Crippen LogP contribution >= 0.6 is 27.5 Å². The van der Waals surface area contributed by atoms with Crippen LogP contribution in [0.15, 0.2) is 70.2 Å². The molecule has 36 heavy (non-hydrogen) atoms. The van der Waals surface area contributed by atoms with Gasteiger partial charge in [-0.2, -0.15) is 5.10 Å². The lowest BCUT2D eigenvalue weighted by Crippen LogP contribution is -2.39. The lowest BCUT2D eigenvalue weighted by molar-refractivity contribution is -0.119. The predicted molar refractivity (Wildman–Crippen MR) is 141 cm³/mol. The van der Waals surface area contributed by atoms with E-state index >= 15 is 0 Å². The van der Waals surface area contributed by atoms with Crippen molar-refractivity contribution in [2.24, 2.45) is 5.10 Å². The van der Waals surface area contributed by atoms with Crippen molar-refractivity contribution >= 4 is 55.4 Å². The van der Waals surface area contributed by atoms with Crippen LogP contribution in [0.3, 0.4) is 0 Å². The Morgan fingerprint density at radius 2 is 1.89 bits per heavy atom. The number of hydrazone groups is 1. The highest BCUT2D eigenvalue weighted by Gasteiger charge is 2.21. The van der Waals surface area contributed by atoms with E-state index < -0.39 is 28.3 Å². The molecule has 0 aromatic heterocycles. The van der Waals surface area contributed by atoms with Crippen LogP contribution in [0, 0.1) is 5.82 Å². The summed E-state index contributed by atoms with van der Waals surface area (Å²) in [4.78, 5) is 12.4. The highest BCUT2D eigenvalue weighted by atomic mass is 79.9. The Labute approximate surface area is 221 Å². The molecular formula is C24H22BrClFN3O5S. The zero-order chi connectivity index (χ0) is 26.3. The van der Waals surface area contributed by atoms with Crippen molar-refractivity contribution in [1.82, 2.24) is 5.43 Å². The van der Waals surface area contributed by atoms with E-state index in [4.69, 9.17) is 21.1 Å². The molecule has 12 heteroatoms. The largest absolute Gasteiger partial charge is 0.493 e. The highest BCUT2D eigenvalue weighted by molar-refractivity contribution is 9.10. The molecule has 8 nitrogen and oxygen atoms in total. The average molecular weight is 599 g/mol. The number of benzene rings is 3. The molecule has 0 saturated heterocycles. The number of halogens is 3. The first kappa shape index (κ1) is 27.4. The number of amides is 1. The second kappa shape index (κ2) is 12.2. The number of nitrogens with one attached hydrogen (secondary N) is 1. The fraction of sp³-hybridized carbons (Fsp3) is 0.167. The number of hydrogen-bond donors (Lipinski definition) is 1. The number of methoxy groups -OCH3 is 1. The summed E-state index contributed by atoms with van der Waals surface area (Å²) < 4.78 is 50.2. The molecule has 0 atom stereocenters. The third kappa shape index (κ3) is 7.42. The summed E-state index contributed by atoms with van der Waals surface area (Å²) in [5, 5.41) is 4.48. The molecule has 0 heterocycles. The van der Waals surface area contributed by atoms with Gasteiger partial charge in [0.15, 0.2) is 11.5 Å². The first-order valence-corrected chi connectivity index (χ1v) is 13.4. The van der Waals surface area contributed by atoms with Gasteiger partial charge in [-0.05, 0) is 64.0 Å². The fourth-order valence-corrected chi connectivity index (χ4v) is 4.69. The summed E-state index contributed by atoms with van der Waals surface area (Å²) in [5.74, 6) is -0.333. The molecule has 0 aliphatic carbocycles. The second-order valence-corrected chi connectivity index (χ2v) is 10.6. The first-order valence-electron chi connectivity index (χ1n) is 10.4. The van der Waals surface area contributed by atoms with Gasteiger partial charge in [0.1, 0.15) is 19.0 Å².